The predicted molar refractivity (Wildman–Crippen MR) is 95.2 cm³/mol. The third-order valence-electron chi connectivity index (χ3n) is 3.32. The lowest BCUT2D eigenvalue weighted by Gasteiger charge is -2.07. The minimum Gasteiger partial charge on any atom is -0.497 e. The summed E-state index contributed by atoms with van der Waals surface area (Å²) >= 11 is 0. The minimum absolute atomic E-state index is 0.00567. The van der Waals surface area contributed by atoms with Crippen molar-refractivity contribution in [3.05, 3.63) is 52.1 Å². The zero-order chi connectivity index (χ0) is 19.3. The largest absolute Gasteiger partial charge is 0.497 e. The normalized spacial score (nSPS) is 11.3. The quantitative estimate of drug-likeness (QED) is 0.422. The lowest BCUT2D eigenvalue weighted by molar-refractivity contribution is -0.384. The van der Waals surface area contributed by atoms with Gasteiger partial charge in [-0.1, -0.05) is 0 Å². The van der Waals surface area contributed by atoms with Crippen LogP contribution in [0.1, 0.15) is 5.56 Å². The standard InChI is InChI=1S/C15H16N4O6S/c1-24-11-4-3-10(15(7-11)25-2)9-17-18-13-6-5-12(26(16,22)23)8-14(13)19(20)21/h3-9,18H,1-2H3,(H2,16,22,23)/b17-9-. The van der Waals surface area contributed by atoms with Gasteiger partial charge in [-0.05, 0) is 24.3 Å². The van der Waals surface area contributed by atoms with E-state index in [0.29, 0.717) is 17.1 Å². The summed E-state index contributed by atoms with van der Waals surface area (Å²) in [6.45, 7) is 0. The number of sulfonamides is 1. The maximum Gasteiger partial charge on any atom is 0.295 e. The van der Waals surface area contributed by atoms with Gasteiger partial charge in [0.1, 0.15) is 17.2 Å². The smallest absolute Gasteiger partial charge is 0.295 e. The van der Waals surface area contributed by atoms with E-state index in [-0.39, 0.29) is 10.6 Å². The summed E-state index contributed by atoms with van der Waals surface area (Å²) in [5, 5.41) is 20.1. The van der Waals surface area contributed by atoms with Gasteiger partial charge in [0.15, 0.2) is 0 Å². The van der Waals surface area contributed by atoms with Crippen LogP contribution in [-0.4, -0.2) is 33.8 Å². The first kappa shape index (κ1) is 19.1. The summed E-state index contributed by atoms with van der Waals surface area (Å²) in [6.07, 6.45) is 1.40. The van der Waals surface area contributed by atoms with Gasteiger partial charge in [-0.25, -0.2) is 13.6 Å². The maximum absolute atomic E-state index is 11.3. The van der Waals surface area contributed by atoms with Crippen LogP contribution < -0.4 is 20.0 Å². The molecule has 11 heteroatoms. The summed E-state index contributed by atoms with van der Waals surface area (Å²) in [4.78, 5) is 10.0. The molecule has 0 aliphatic carbocycles. The molecular weight excluding hydrogens is 364 g/mol. The van der Waals surface area contributed by atoms with Crippen LogP contribution >= 0.6 is 0 Å². The zero-order valence-electron chi connectivity index (χ0n) is 13.9. The highest BCUT2D eigenvalue weighted by Gasteiger charge is 2.18. The second kappa shape index (κ2) is 7.80. The molecule has 3 N–H and O–H groups in total. The Labute approximate surface area is 149 Å². The molecule has 26 heavy (non-hydrogen) atoms. The highest BCUT2D eigenvalue weighted by molar-refractivity contribution is 7.89. The number of nitro groups is 1. The van der Waals surface area contributed by atoms with Crippen molar-refractivity contribution >= 4 is 27.6 Å². The van der Waals surface area contributed by atoms with Crippen LogP contribution in [-0.2, 0) is 10.0 Å². The first-order valence-electron chi connectivity index (χ1n) is 7.08. The summed E-state index contributed by atoms with van der Waals surface area (Å²) in [5.74, 6) is 1.09. The number of ether oxygens (including phenoxy) is 2. The molecule has 0 aliphatic heterocycles. The lowest BCUT2D eigenvalue weighted by Crippen LogP contribution is -2.12. The van der Waals surface area contributed by atoms with E-state index < -0.39 is 20.6 Å². The Morgan fingerprint density at radius 1 is 1.19 bits per heavy atom. The maximum atomic E-state index is 11.3. The molecule has 0 atom stereocenters. The van der Waals surface area contributed by atoms with Crippen molar-refractivity contribution in [2.75, 3.05) is 19.6 Å². The molecule has 2 aromatic rings. The third-order valence-corrected chi connectivity index (χ3v) is 4.23. The van der Waals surface area contributed by atoms with Crippen molar-refractivity contribution in [2.24, 2.45) is 10.2 Å². The number of nitrogens with zero attached hydrogens (tertiary/aromatic N) is 2. The highest BCUT2D eigenvalue weighted by Crippen LogP contribution is 2.27. The number of nitro benzene ring substituents is 1. The molecule has 0 unspecified atom stereocenters. The molecule has 0 aliphatic rings. The predicted octanol–water partition coefficient (Wildman–Crippen LogP) is 1.71. The summed E-state index contributed by atoms with van der Waals surface area (Å²) in [6, 6.07) is 8.27. The molecule has 0 heterocycles. The lowest BCUT2D eigenvalue weighted by atomic mass is 10.2. The molecule has 0 saturated heterocycles. The van der Waals surface area contributed by atoms with Crippen LogP contribution in [0.5, 0.6) is 11.5 Å². The monoisotopic (exact) mass is 380 g/mol. The average molecular weight is 380 g/mol. The Kier molecular flexibility index (Phi) is 5.75. The van der Waals surface area contributed by atoms with Gasteiger partial charge in [0.25, 0.3) is 5.69 Å². The molecule has 0 spiro atoms. The van der Waals surface area contributed by atoms with Crippen LogP contribution in [0, 0.1) is 10.1 Å². The van der Waals surface area contributed by atoms with Crippen molar-refractivity contribution in [3.8, 4) is 11.5 Å². The number of primary sulfonamides is 1. The zero-order valence-corrected chi connectivity index (χ0v) is 14.7. The van der Waals surface area contributed by atoms with E-state index in [9.17, 15) is 18.5 Å². The second-order valence-corrected chi connectivity index (χ2v) is 6.52. The highest BCUT2D eigenvalue weighted by atomic mass is 32.2. The van der Waals surface area contributed by atoms with Crippen LogP contribution in [0.15, 0.2) is 46.4 Å². The van der Waals surface area contributed by atoms with Gasteiger partial charge in [0.2, 0.25) is 10.0 Å². The van der Waals surface area contributed by atoms with Gasteiger partial charge in [0.05, 0.1) is 30.3 Å². The van der Waals surface area contributed by atoms with E-state index in [2.05, 4.69) is 10.5 Å². The Morgan fingerprint density at radius 2 is 1.92 bits per heavy atom. The van der Waals surface area contributed by atoms with Gasteiger partial charge < -0.3 is 9.47 Å². The number of benzene rings is 2. The van der Waals surface area contributed by atoms with Crippen LogP contribution in [0.3, 0.4) is 0 Å². The SMILES string of the molecule is COc1ccc(/C=N\Nc2ccc(S(N)(=O)=O)cc2[N+](=O)[O-])c(OC)c1. The Bertz CT molecular complexity index is 959. The first-order valence-corrected chi connectivity index (χ1v) is 8.63. The minimum atomic E-state index is -4.05. The van der Waals surface area contributed by atoms with Crippen molar-refractivity contribution in [1.29, 1.82) is 0 Å². The molecule has 10 nitrogen and oxygen atoms in total. The Balaban J connectivity index is 2.29. The molecule has 0 bridgehead atoms. The molecule has 0 aromatic heterocycles. The molecule has 2 aromatic carbocycles. The molecular formula is C15H16N4O6S. The molecule has 0 radical (unpaired) electrons. The summed E-state index contributed by atoms with van der Waals surface area (Å²) < 4.78 is 33.0. The molecule has 0 amide bonds. The van der Waals surface area contributed by atoms with Crippen LogP contribution in [0.25, 0.3) is 0 Å². The first-order chi connectivity index (χ1) is 12.3. The average Bonchev–Trinajstić information content (AvgIpc) is 2.61. The fourth-order valence-electron chi connectivity index (χ4n) is 2.03. The van der Waals surface area contributed by atoms with Gasteiger partial charge in [-0.2, -0.15) is 5.10 Å². The summed E-state index contributed by atoms with van der Waals surface area (Å²) in [5.41, 5.74) is 2.64. The van der Waals surface area contributed by atoms with E-state index in [1.165, 1.54) is 26.5 Å². The number of rotatable bonds is 7. The van der Waals surface area contributed by atoms with Crippen LogP contribution in [0.4, 0.5) is 11.4 Å². The van der Waals surface area contributed by atoms with Crippen molar-refractivity contribution in [2.45, 2.75) is 4.90 Å². The van der Waals surface area contributed by atoms with Gasteiger partial charge in [-0.3, -0.25) is 15.5 Å². The summed E-state index contributed by atoms with van der Waals surface area (Å²) in [7, 11) is -1.05. The number of anilines is 1. The number of hydrogen-bond donors (Lipinski definition) is 2. The number of methoxy groups -OCH3 is 2. The Hall–Kier alpha value is -3.18. The number of hydrazone groups is 1. The number of hydrogen-bond acceptors (Lipinski definition) is 8. The van der Waals surface area contributed by atoms with Crippen LogP contribution in [0.2, 0.25) is 0 Å². The van der Waals surface area contributed by atoms with Gasteiger partial charge >= 0.3 is 0 Å². The number of nitrogens with two attached hydrogens (primary N) is 1. The van der Waals surface area contributed by atoms with Crippen molar-refractivity contribution in [3.63, 3.8) is 0 Å². The molecule has 2 rings (SSSR count). The van der Waals surface area contributed by atoms with Crippen molar-refractivity contribution in [1.82, 2.24) is 0 Å². The Morgan fingerprint density at radius 3 is 2.50 bits per heavy atom. The van der Waals surface area contributed by atoms with E-state index in [1.807, 2.05) is 0 Å². The second-order valence-electron chi connectivity index (χ2n) is 4.96. The van der Waals surface area contributed by atoms with E-state index in [0.717, 1.165) is 12.1 Å². The van der Waals surface area contributed by atoms with E-state index in [1.54, 1.807) is 18.2 Å². The molecule has 0 fully saturated rings. The topological polar surface area (TPSA) is 146 Å². The number of nitrogens with one attached hydrogen (secondary N) is 1. The molecule has 138 valence electrons. The fraction of sp³-hybridized carbons (Fsp3) is 0.133. The fourth-order valence-corrected chi connectivity index (χ4v) is 2.56. The third kappa shape index (κ3) is 4.46. The van der Waals surface area contributed by atoms with E-state index >= 15 is 0 Å². The van der Waals surface area contributed by atoms with Gasteiger partial charge in [-0.15, -0.1) is 0 Å². The van der Waals surface area contributed by atoms with Gasteiger partial charge in [0, 0.05) is 17.7 Å². The molecule has 0 saturated carbocycles. The van der Waals surface area contributed by atoms with E-state index in [4.69, 9.17) is 14.6 Å². The van der Waals surface area contributed by atoms with Crippen molar-refractivity contribution < 1.29 is 22.8 Å².